The average molecular weight is 417 g/mol. The average Bonchev–Trinajstić information content (AvgIpc) is 2.75. The summed E-state index contributed by atoms with van der Waals surface area (Å²) in [7, 11) is -3.61. The Hall–Kier alpha value is -2.78. The summed E-state index contributed by atoms with van der Waals surface area (Å²) < 4.78 is 26.9. The Morgan fingerprint density at radius 3 is 2.55 bits per heavy atom. The zero-order valence-corrected chi connectivity index (χ0v) is 16.8. The highest BCUT2D eigenvalue weighted by molar-refractivity contribution is 7.89. The van der Waals surface area contributed by atoms with Gasteiger partial charge in [-0.15, -0.1) is 0 Å². The number of anilines is 1. The molecule has 1 aromatic carbocycles. The molecule has 1 saturated heterocycles. The third kappa shape index (κ3) is 5.61. The largest absolute Gasteiger partial charge is 0.355 e. The van der Waals surface area contributed by atoms with Gasteiger partial charge in [0, 0.05) is 44.1 Å². The molecule has 9 heteroatoms. The maximum absolute atomic E-state index is 12.8. The zero-order valence-electron chi connectivity index (χ0n) is 16.0. The van der Waals surface area contributed by atoms with Crippen LogP contribution in [0.3, 0.4) is 0 Å². The monoisotopic (exact) mass is 416 g/mol. The first-order valence-corrected chi connectivity index (χ1v) is 10.9. The van der Waals surface area contributed by atoms with Crippen LogP contribution >= 0.6 is 0 Å². The number of piperidine rings is 1. The van der Waals surface area contributed by atoms with E-state index in [0.29, 0.717) is 25.1 Å². The molecule has 1 unspecified atom stereocenters. The lowest BCUT2D eigenvalue weighted by Gasteiger charge is -2.31. The van der Waals surface area contributed by atoms with E-state index in [0.717, 1.165) is 0 Å². The van der Waals surface area contributed by atoms with Crippen LogP contribution in [0.1, 0.15) is 19.3 Å². The predicted molar refractivity (Wildman–Crippen MR) is 108 cm³/mol. The van der Waals surface area contributed by atoms with E-state index in [2.05, 4.69) is 15.6 Å². The van der Waals surface area contributed by atoms with E-state index in [-0.39, 0.29) is 36.2 Å². The van der Waals surface area contributed by atoms with Crippen molar-refractivity contribution >= 4 is 27.5 Å². The molecular weight excluding hydrogens is 392 g/mol. The quantitative estimate of drug-likeness (QED) is 0.713. The summed E-state index contributed by atoms with van der Waals surface area (Å²) in [5.74, 6) is -0.867. The Labute approximate surface area is 170 Å². The number of carbonyl (C=O) groups excluding carboxylic acids is 2. The molecule has 29 heavy (non-hydrogen) atoms. The molecule has 1 aromatic heterocycles. The molecule has 0 aliphatic carbocycles. The number of nitrogens with one attached hydrogen (secondary N) is 2. The topological polar surface area (TPSA) is 108 Å². The Balaban J connectivity index is 1.49. The number of rotatable bonds is 7. The fourth-order valence-corrected chi connectivity index (χ4v) is 4.76. The summed E-state index contributed by atoms with van der Waals surface area (Å²) >= 11 is 0. The van der Waals surface area contributed by atoms with Crippen molar-refractivity contribution in [2.24, 2.45) is 5.92 Å². The maximum Gasteiger partial charge on any atom is 0.243 e. The number of benzene rings is 1. The molecule has 3 rings (SSSR count). The molecule has 0 saturated carbocycles. The number of sulfonamides is 1. The SMILES string of the molecule is O=C(CCNC(=O)C1CCCN(S(=O)(=O)c2ccccc2)C1)Nc1ccncc1. The molecule has 154 valence electrons. The van der Waals surface area contributed by atoms with Gasteiger partial charge in [0.05, 0.1) is 10.8 Å². The highest BCUT2D eigenvalue weighted by atomic mass is 32.2. The van der Waals surface area contributed by atoms with Gasteiger partial charge in [-0.05, 0) is 37.1 Å². The number of carbonyl (C=O) groups is 2. The molecule has 1 aliphatic rings. The molecule has 2 aromatic rings. The summed E-state index contributed by atoms with van der Waals surface area (Å²) in [6, 6.07) is 11.6. The molecule has 1 atom stereocenters. The van der Waals surface area contributed by atoms with Crippen LogP contribution in [0, 0.1) is 5.92 Å². The van der Waals surface area contributed by atoms with E-state index in [9.17, 15) is 18.0 Å². The van der Waals surface area contributed by atoms with Gasteiger partial charge in [-0.25, -0.2) is 8.42 Å². The minimum absolute atomic E-state index is 0.132. The molecule has 0 radical (unpaired) electrons. The van der Waals surface area contributed by atoms with Gasteiger partial charge in [0.25, 0.3) is 0 Å². The van der Waals surface area contributed by atoms with Crippen molar-refractivity contribution in [1.82, 2.24) is 14.6 Å². The van der Waals surface area contributed by atoms with Crippen molar-refractivity contribution < 1.29 is 18.0 Å². The molecule has 2 heterocycles. The van der Waals surface area contributed by atoms with Gasteiger partial charge in [0.15, 0.2) is 0 Å². The lowest BCUT2D eigenvalue weighted by Crippen LogP contribution is -2.45. The second-order valence-electron chi connectivity index (χ2n) is 6.84. The number of nitrogens with zero attached hydrogens (tertiary/aromatic N) is 2. The molecule has 0 spiro atoms. The molecule has 2 N–H and O–H groups in total. The molecule has 1 fully saturated rings. The fraction of sp³-hybridized carbons (Fsp3) is 0.350. The second kappa shape index (κ2) is 9.62. The maximum atomic E-state index is 12.8. The van der Waals surface area contributed by atoms with Crippen LogP contribution in [0.25, 0.3) is 0 Å². The van der Waals surface area contributed by atoms with Crippen LogP contribution in [0.15, 0.2) is 59.8 Å². The van der Waals surface area contributed by atoms with Crippen LogP contribution in [0.2, 0.25) is 0 Å². The van der Waals surface area contributed by atoms with Crippen LogP contribution < -0.4 is 10.6 Å². The smallest absolute Gasteiger partial charge is 0.243 e. The van der Waals surface area contributed by atoms with Crippen molar-refractivity contribution in [2.75, 3.05) is 25.0 Å². The summed E-state index contributed by atoms with van der Waals surface area (Å²) in [6.07, 6.45) is 4.53. The number of pyridine rings is 1. The minimum Gasteiger partial charge on any atom is -0.355 e. The second-order valence-corrected chi connectivity index (χ2v) is 8.78. The first-order chi connectivity index (χ1) is 14.0. The molecule has 0 bridgehead atoms. The first kappa shape index (κ1) is 20.9. The van der Waals surface area contributed by atoms with E-state index >= 15 is 0 Å². The van der Waals surface area contributed by atoms with Gasteiger partial charge in [0.1, 0.15) is 0 Å². The van der Waals surface area contributed by atoms with Crippen molar-refractivity contribution in [2.45, 2.75) is 24.2 Å². The lowest BCUT2D eigenvalue weighted by atomic mass is 9.99. The van der Waals surface area contributed by atoms with Gasteiger partial charge < -0.3 is 10.6 Å². The Kier molecular flexibility index (Phi) is 6.95. The fourth-order valence-electron chi connectivity index (χ4n) is 3.22. The number of aromatic nitrogens is 1. The highest BCUT2D eigenvalue weighted by Gasteiger charge is 2.33. The van der Waals surface area contributed by atoms with Crippen LogP contribution in [0.5, 0.6) is 0 Å². The van der Waals surface area contributed by atoms with Crippen LogP contribution in [-0.2, 0) is 19.6 Å². The lowest BCUT2D eigenvalue weighted by molar-refractivity contribution is -0.126. The van der Waals surface area contributed by atoms with Crippen LogP contribution in [-0.4, -0.2) is 49.2 Å². The van der Waals surface area contributed by atoms with Crippen LogP contribution in [0.4, 0.5) is 5.69 Å². The third-order valence-corrected chi connectivity index (χ3v) is 6.63. The number of hydrogen-bond donors (Lipinski definition) is 2. The Morgan fingerprint density at radius 2 is 1.83 bits per heavy atom. The van der Waals surface area contributed by atoms with Gasteiger partial charge in [-0.3, -0.25) is 14.6 Å². The van der Waals surface area contributed by atoms with E-state index in [1.54, 1.807) is 54.9 Å². The van der Waals surface area contributed by atoms with Gasteiger partial charge in [0.2, 0.25) is 21.8 Å². The van der Waals surface area contributed by atoms with E-state index < -0.39 is 15.9 Å². The van der Waals surface area contributed by atoms with E-state index in [1.165, 1.54) is 4.31 Å². The molecule has 8 nitrogen and oxygen atoms in total. The Bertz CT molecular complexity index is 935. The van der Waals surface area contributed by atoms with Gasteiger partial charge in [-0.2, -0.15) is 4.31 Å². The van der Waals surface area contributed by atoms with Crippen molar-refractivity contribution in [3.63, 3.8) is 0 Å². The number of hydrogen-bond acceptors (Lipinski definition) is 5. The van der Waals surface area contributed by atoms with Gasteiger partial charge in [-0.1, -0.05) is 18.2 Å². The van der Waals surface area contributed by atoms with Crippen molar-refractivity contribution in [1.29, 1.82) is 0 Å². The highest BCUT2D eigenvalue weighted by Crippen LogP contribution is 2.23. The molecule has 2 amide bonds. The van der Waals surface area contributed by atoms with E-state index in [4.69, 9.17) is 0 Å². The predicted octanol–water partition coefficient (Wildman–Crippen LogP) is 1.63. The minimum atomic E-state index is -3.61. The molecule has 1 aliphatic heterocycles. The van der Waals surface area contributed by atoms with Gasteiger partial charge >= 0.3 is 0 Å². The third-order valence-electron chi connectivity index (χ3n) is 4.75. The molecular formula is C20H24N4O4S. The van der Waals surface area contributed by atoms with E-state index in [1.807, 2.05) is 0 Å². The zero-order chi connectivity index (χ0) is 20.7. The normalized spacial score (nSPS) is 17.4. The van der Waals surface area contributed by atoms with Crippen molar-refractivity contribution in [3.05, 3.63) is 54.9 Å². The first-order valence-electron chi connectivity index (χ1n) is 9.49. The summed E-state index contributed by atoms with van der Waals surface area (Å²) in [6.45, 7) is 0.735. The summed E-state index contributed by atoms with van der Waals surface area (Å²) in [5, 5.41) is 5.47. The summed E-state index contributed by atoms with van der Waals surface area (Å²) in [5.41, 5.74) is 0.644. The van der Waals surface area contributed by atoms with Crippen molar-refractivity contribution in [3.8, 4) is 0 Å². The Morgan fingerprint density at radius 1 is 1.10 bits per heavy atom. The standard InChI is InChI=1S/C20H24N4O4S/c25-19(23-17-8-11-21-12-9-17)10-13-22-20(26)16-5-4-14-24(15-16)29(27,28)18-6-2-1-3-7-18/h1-3,6-9,11-12,16H,4-5,10,13-15H2,(H,22,26)(H,21,23,25). The number of amides is 2. The summed E-state index contributed by atoms with van der Waals surface area (Å²) in [4.78, 5) is 28.5.